The van der Waals surface area contributed by atoms with E-state index in [1.807, 2.05) is 13.1 Å². The summed E-state index contributed by atoms with van der Waals surface area (Å²) in [6.07, 6.45) is 3.92. The zero-order valence-corrected chi connectivity index (χ0v) is 12.4. The van der Waals surface area contributed by atoms with Crippen LogP contribution >= 0.6 is 0 Å². The Labute approximate surface area is 115 Å². The number of nitrogens with one attached hydrogen (secondary N) is 1. The topological polar surface area (TPSA) is 49.4 Å². The molecule has 1 aliphatic carbocycles. The molecule has 1 aromatic carbocycles. The lowest BCUT2D eigenvalue weighted by atomic mass is 9.91. The van der Waals surface area contributed by atoms with E-state index in [0.717, 1.165) is 25.7 Å². The monoisotopic (exact) mass is 282 g/mol. The predicted octanol–water partition coefficient (Wildman–Crippen LogP) is 1.84. The molecule has 1 aromatic rings. The Hall–Kier alpha value is -0.910. The molecule has 1 aliphatic rings. The van der Waals surface area contributed by atoms with Gasteiger partial charge in [0.05, 0.1) is 4.90 Å². The summed E-state index contributed by atoms with van der Waals surface area (Å²) in [4.78, 5) is 0.383. The molecule has 0 heterocycles. The molecule has 106 valence electrons. The van der Waals surface area contributed by atoms with Crippen molar-refractivity contribution in [3.05, 3.63) is 30.3 Å². The molecule has 0 spiro atoms. The standard InChI is InChI=1S/C14H22N2O2S/c1-15-12-8-10-13(11-9-12)16(2)19(17,18)14-6-4-3-5-7-14/h3-7,12-13,15H,8-11H2,1-2H3. The maximum absolute atomic E-state index is 12.5. The first-order valence-electron chi connectivity index (χ1n) is 6.76. The highest BCUT2D eigenvalue weighted by Crippen LogP contribution is 2.26. The van der Waals surface area contributed by atoms with E-state index in [2.05, 4.69) is 5.32 Å². The van der Waals surface area contributed by atoms with Gasteiger partial charge < -0.3 is 5.32 Å². The van der Waals surface area contributed by atoms with E-state index in [4.69, 9.17) is 0 Å². The van der Waals surface area contributed by atoms with E-state index in [0.29, 0.717) is 10.9 Å². The largest absolute Gasteiger partial charge is 0.317 e. The second kappa shape index (κ2) is 6.03. The van der Waals surface area contributed by atoms with Crippen molar-refractivity contribution in [2.24, 2.45) is 0 Å². The van der Waals surface area contributed by atoms with Crippen LogP contribution in [-0.4, -0.2) is 38.9 Å². The molecular formula is C14H22N2O2S. The molecule has 0 bridgehead atoms. The van der Waals surface area contributed by atoms with E-state index < -0.39 is 10.0 Å². The summed E-state index contributed by atoms with van der Waals surface area (Å²) in [5.74, 6) is 0. The van der Waals surface area contributed by atoms with E-state index in [1.54, 1.807) is 35.6 Å². The quantitative estimate of drug-likeness (QED) is 0.916. The summed E-state index contributed by atoms with van der Waals surface area (Å²) in [6.45, 7) is 0. The van der Waals surface area contributed by atoms with Gasteiger partial charge in [-0.25, -0.2) is 8.42 Å². The highest BCUT2D eigenvalue weighted by Gasteiger charge is 2.30. The average molecular weight is 282 g/mol. The maximum Gasteiger partial charge on any atom is 0.243 e. The number of benzene rings is 1. The molecule has 0 aromatic heterocycles. The van der Waals surface area contributed by atoms with Gasteiger partial charge in [-0.3, -0.25) is 0 Å². The first kappa shape index (κ1) is 14.5. The van der Waals surface area contributed by atoms with Gasteiger partial charge in [0.1, 0.15) is 0 Å². The number of nitrogens with zero attached hydrogens (tertiary/aromatic N) is 1. The fourth-order valence-electron chi connectivity index (χ4n) is 2.68. The lowest BCUT2D eigenvalue weighted by molar-refractivity contribution is 0.255. The second-order valence-corrected chi connectivity index (χ2v) is 7.13. The Morgan fingerprint density at radius 2 is 1.68 bits per heavy atom. The third kappa shape index (κ3) is 3.16. The van der Waals surface area contributed by atoms with Crippen LogP contribution < -0.4 is 5.32 Å². The molecule has 0 unspecified atom stereocenters. The van der Waals surface area contributed by atoms with Gasteiger partial charge >= 0.3 is 0 Å². The number of rotatable bonds is 4. The average Bonchev–Trinajstić information content (AvgIpc) is 2.47. The van der Waals surface area contributed by atoms with E-state index >= 15 is 0 Å². The van der Waals surface area contributed by atoms with E-state index in [-0.39, 0.29) is 6.04 Å². The van der Waals surface area contributed by atoms with E-state index in [9.17, 15) is 8.42 Å². The molecule has 0 aliphatic heterocycles. The third-order valence-corrected chi connectivity index (χ3v) is 5.96. The molecule has 0 atom stereocenters. The molecule has 0 amide bonds. The number of hydrogen-bond acceptors (Lipinski definition) is 3. The van der Waals surface area contributed by atoms with Gasteiger partial charge in [-0.1, -0.05) is 18.2 Å². The fraction of sp³-hybridized carbons (Fsp3) is 0.571. The summed E-state index contributed by atoms with van der Waals surface area (Å²) < 4.78 is 26.5. The van der Waals surface area contributed by atoms with Crippen LogP contribution in [0.3, 0.4) is 0 Å². The van der Waals surface area contributed by atoms with Crippen molar-refractivity contribution in [1.29, 1.82) is 0 Å². The molecule has 5 heteroatoms. The fourth-order valence-corrected chi connectivity index (χ4v) is 4.12. The molecular weight excluding hydrogens is 260 g/mol. The van der Waals surface area contributed by atoms with Crippen molar-refractivity contribution in [3.8, 4) is 0 Å². The van der Waals surface area contributed by atoms with Crippen molar-refractivity contribution in [2.75, 3.05) is 14.1 Å². The van der Waals surface area contributed by atoms with Crippen LogP contribution in [0.1, 0.15) is 25.7 Å². The summed E-state index contributed by atoms with van der Waals surface area (Å²) in [6, 6.07) is 9.32. The molecule has 2 rings (SSSR count). The molecule has 19 heavy (non-hydrogen) atoms. The third-order valence-electron chi connectivity index (χ3n) is 4.04. The molecule has 0 radical (unpaired) electrons. The second-order valence-electron chi connectivity index (χ2n) is 5.13. The van der Waals surface area contributed by atoms with Crippen molar-refractivity contribution >= 4 is 10.0 Å². The molecule has 1 fully saturated rings. The minimum atomic E-state index is -3.35. The van der Waals surface area contributed by atoms with Crippen LogP contribution in [0.5, 0.6) is 0 Å². The van der Waals surface area contributed by atoms with Gasteiger partial charge in [0.2, 0.25) is 10.0 Å². The summed E-state index contributed by atoms with van der Waals surface area (Å²) in [5.41, 5.74) is 0. The van der Waals surface area contributed by atoms with Gasteiger partial charge in [-0.15, -0.1) is 0 Å². The maximum atomic E-state index is 12.5. The van der Waals surface area contributed by atoms with Gasteiger partial charge in [0.15, 0.2) is 0 Å². The lowest BCUT2D eigenvalue weighted by Gasteiger charge is -2.33. The Bertz CT molecular complexity index is 493. The minimum absolute atomic E-state index is 0.120. The van der Waals surface area contributed by atoms with Crippen LogP contribution in [-0.2, 0) is 10.0 Å². The molecule has 0 saturated heterocycles. The summed E-state index contributed by atoms with van der Waals surface area (Å²) in [5, 5.41) is 3.27. The van der Waals surface area contributed by atoms with Crippen LogP contribution in [0.15, 0.2) is 35.2 Å². The first-order valence-corrected chi connectivity index (χ1v) is 8.20. The van der Waals surface area contributed by atoms with Crippen molar-refractivity contribution < 1.29 is 8.42 Å². The molecule has 4 nitrogen and oxygen atoms in total. The Morgan fingerprint density at radius 1 is 1.11 bits per heavy atom. The highest BCUT2D eigenvalue weighted by atomic mass is 32.2. The van der Waals surface area contributed by atoms with Crippen LogP contribution in [0.25, 0.3) is 0 Å². The van der Waals surface area contributed by atoms with Crippen LogP contribution in [0.4, 0.5) is 0 Å². The smallest absolute Gasteiger partial charge is 0.243 e. The Kier molecular flexibility index (Phi) is 4.60. The zero-order chi connectivity index (χ0) is 13.9. The van der Waals surface area contributed by atoms with Gasteiger partial charge in [0, 0.05) is 19.1 Å². The highest BCUT2D eigenvalue weighted by molar-refractivity contribution is 7.89. The molecule has 1 N–H and O–H groups in total. The van der Waals surface area contributed by atoms with Crippen molar-refractivity contribution in [3.63, 3.8) is 0 Å². The first-order chi connectivity index (χ1) is 9.05. The number of hydrogen-bond donors (Lipinski definition) is 1. The minimum Gasteiger partial charge on any atom is -0.317 e. The van der Waals surface area contributed by atoms with Crippen molar-refractivity contribution in [2.45, 2.75) is 42.7 Å². The zero-order valence-electron chi connectivity index (χ0n) is 11.5. The van der Waals surface area contributed by atoms with Crippen molar-refractivity contribution in [1.82, 2.24) is 9.62 Å². The van der Waals surface area contributed by atoms with E-state index in [1.165, 1.54) is 0 Å². The Balaban J connectivity index is 2.10. The SMILES string of the molecule is CNC1CCC(N(C)S(=O)(=O)c2ccccc2)CC1. The number of sulfonamides is 1. The Morgan fingerprint density at radius 3 is 2.21 bits per heavy atom. The predicted molar refractivity (Wildman–Crippen MR) is 76.5 cm³/mol. The van der Waals surface area contributed by atoms with Crippen LogP contribution in [0, 0.1) is 0 Å². The lowest BCUT2D eigenvalue weighted by Crippen LogP contribution is -2.42. The van der Waals surface area contributed by atoms with Gasteiger partial charge in [-0.2, -0.15) is 4.31 Å². The van der Waals surface area contributed by atoms with Crippen LogP contribution in [0.2, 0.25) is 0 Å². The van der Waals surface area contributed by atoms with Gasteiger partial charge in [0.25, 0.3) is 0 Å². The summed E-state index contributed by atoms with van der Waals surface area (Å²) in [7, 11) is 0.319. The normalized spacial score (nSPS) is 24.6. The molecule has 1 saturated carbocycles. The van der Waals surface area contributed by atoms with Gasteiger partial charge in [-0.05, 0) is 44.9 Å². The summed E-state index contributed by atoms with van der Waals surface area (Å²) >= 11 is 0.